The Morgan fingerprint density at radius 2 is 1.62 bits per heavy atom. The van der Waals surface area contributed by atoms with E-state index < -0.39 is 12.2 Å². The van der Waals surface area contributed by atoms with Gasteiger partial charge in [0.1, 0.15) is 5.03 Å². The van der Waals surface area contributed by atoms with E-state index in [-0.39, 0.29) is 13.2 Å². The van der Waals surface area contributed by atoms with Crippen LogP contribution in [0.15, 0.2) is 17.3 Å². The number of carbonyl (C=O) groups excluding carboxylic acids is 2. The molecule has 0 saturated carbocycles. The van der Waals surface area contributed by atoms with E-state index in [2.05, 4.69) is 24.3 Å². The summed E-state index contributed by atoms with van der Waals surface area (Å²) in [6, 6.07) is 1.67. The minimum atomic E-state index is -0.771. The molecule has 164 valence electrons. The van der Waals surface area contributed by atoms with Crippen LogP contribution in [0, 0.1) is 0 Å². The maximum absolute atomic E-state index is 12.2. The molecule has 1 aromatic rings. The quantitative estimate of drug-likeness (QED) is 0.293. The molecular weight excluding hydrogens is 398 g/mol. The molecular formula is C19H31N3O6S. The van der Waals surface area contributed by atoms with Gasteiger partial charge in [0.15, 0.2) is 11.5 Å². The van der Waals surface area contributed by atoms with Crippen molar-refractivity contribution in [3.05, 3.63) is 12.3 Å². The highest BCUT2D eigenvalue weighted by molar-refractivity contribution is 7.97. The topological polar surface area (TPSA) is 99.2 Å². The third kappa shape index (κ3) is 9.60. The molecule has 0 atom stereocenters. The Morgan fingerprint density at radius 3 is 2.21 bits per heavy atom. The Kier molecular flexibility index (Phi) is 12.4. The Bertz CT molecular complexity index is 632. The fourth-order valence-electron chi connectivity index (χ4n) is 1.96. The van der Waals surface area contributed by atoms with E-state index in [0.717, 1.165) is 42.0 Å². The molecule has 0 aromatic carbocycles. The third-order valence-electron chi connectivity index (χ3n) is 3.40. The van der Waals surface area contributed by atoms with Gasteiger partial charge in [-0.15, -0.1) is 4.41 Å². The van der Waals surface area contributed by atoms with Gasteiger partial charge in [-0.3, -0.25) is 0 Å². The van der Waals surface area contributed by atoms with E-state index in [4.69, 9.17) is 18.9 Å². The first-order valence-corrected chi connectivity index (χ1v) is 10.7. The number of hydrazine groups is 1. The second-order valence-electron chi connectivity index (χ2n) is 5.79. The molecule has 0 fully saturated rings. The molecule has 2 amide bonds. The smallest absolute Gasteiger partial charge is 0.439 e. The number of pyridine rings is 1. The number of hydrogen-bond acceptors (Lipinski definition) is 8. The zero-order chi connectivity index (χ0) is 21.5. The first-order chi connectivity index (χ1) is 14.0. The van der Waals surface area contributed by atoms with Crippen molar-refractivity contribution in [3.8, 4) is 11.5 Å². The van der Waals surface area contributed by atoms with Gasteiger partial charge in [0, 0.05) is 18.0 Å². The largest absolute Gasteiger partial charge is 0.490 e. The van der Waals surface area contributed by atoms with Crippen molar-refractivity contribution >= 4 is 24.1 Å². The average Bonchev–Trinajstić information content (AvgIpc) is 2.69. The van der Waals surface area contributed by atoms with Crippen molar-refractivity contribution in [2.24, 2.45) is 0 Å². The number of ether oxygens (including phenoxy) is 4. The number of nitrogens with one attached hydrogen (secondary N) is 1. The van der Waals surface area contributed by atoms with E-state index in [1.54, 1.807) is 26.1 Å². The molecule has 1 aromatic heterocycles. The lowest BCUT2D eigenvalue weighted by Crippen LogP contribution is -2.42. The van der Waals surface area contributed by atoms with Crippen LogP contribution in [-0.2, 0) is 9.47 Å². The Balaban J connectivity index is 2.96. The van der Waals surface area contributed by atoms with Crippen molar-refractivity contribution < 1.29 is 28.5 Å². The first kappa shape index (κ1) is 24.7. The van der Waals surface area contributed by atoms with E-state index in [9.17, 15) is 9.59 Å². The SMILES string of the molecule is CCCCOc1cnc(SN(NC(=O)OCC)C(=O)OCC)cc1OCCCC. The van der Waals surface area contributed by atoms with Gasteiger partial charge in [0.05, 0.1) is 32.6 Å². The van der Waals surface area contributed by atoms with Crippen molar-refractivity contribution in [1.82, 2.24) is 14.8 Å². The van der Waals surface area contributed by atoms with Gasteiger partial charge in [-0.05, 0) is 26.7 Å². The molecule has 1 heterocycles. The maximum atomic E-state index is 12.2. The molecule has 0 radical (unpaired) electrons. The Hall–Kier alpha value is -2.36. The molecule has 0 aliphatic carbocycles. The summed E-state index contributed by atoms with van der Waals surface area (Å²) in [5.74, 6) is 1.08. The number of hydrogen-bond donors (Lipinski definition) is 1. The second-order valence-corrected chi connectivity index (χ2v) is 6.76. The van der Waals surface area contributed by atoms with E-state index in [0.29, 0.717) is 29.7 Å². The lowest BCUT2D eigenvalue weighted by atomic mass is 10.3. The van der Waals surface area contributed by atoms with Crippen LogP contribution < -0.4 is 14.9 Å². The monoisotopic (exact) mass is 429 g/mol. The van der Waals surface area contributed by atoms with Crippen LogP contribution >= 0.6 is 11.9 Å². The van der Waals surface area contributed by atoms with Crippen molar-refractivity contribution in [2.75, 3.05) is 26.4 Å². The van der Waals surface area contributed by atoms with Crippen LogP contribution in [0.3, 0.4) is 0 Å². The summed E-state index contributed by atoms with van der Waals surface area (Å²) in [5.41, 5.74) is 2.33. The third-order valence-corrected chi connectivity index (χ3v) is 4.24. The molecule has 0 saturated heterocycles. The summed E-state index contributed by atoms with van der Waals surface area (Å²) in [4.78, 5) is 28.2. The molecule has 0 unspecified atom stereocenters. The van der Waals surface area contributed by atoms with Crippen LogP contribution in [0.2, 0.25) is 0 Å². The second kappa shape index (κ2) is 14.6. The predicted molar refractivity (Wildman–Crippen MR) is 110 cm³/mol. The zero-order valence-electron chi connectivity index (χ0n) is 17.6. The van der Waals surface area contributed by atoms with Crippen LogP contribution in [0.1, 0.15) is 53.4 Å². The van der Waals surface area contributed by atoms with Gasteiger partial charge in [-0.25, -0.2) is 20.0 Å². The number of aromatic nitrogens is 1. The highest BCUT2D eigenvalue weighted by Gasteiger charge is 2.21. The van der Waals surface area contributed by atoms with Crippen LogP contribution in [0.4, 0.5) is 9.59 Å². The average molecular weight is 430 g/mol. The molecule has 1 N–H and O–H groups in total. The van der Waals surface area contributed by atoms with Gasteiger partial charge < -0.3 is 18.9 Å². The minimum Gasteiger partial charge on any atom is -0.490 e. The molecule has 0 aliphatic heterocycles. The number of amides is 2. The standard InChI is InChI=1S/C19H31N3O6S/c1-5-9-11-27-15-13-17(20-14-16(15)28-12-10-6-2)29-22(19(24)26-8-4)21-18(23)25-7-3/h13-14H,5-12H2,1-4H3,(H,21,23). The zero-order valence-corrected chi connectivity index (χ0v) is 18.4. The predicted octanol–water partition coefficient (Wildman–Crippen LogP) is 4.57. The lowest BCUT2D eigenvalue weighted by Gasteiger charge is -2.20. The molecule has 0 spiro atoms. The van der Waals surface area contributed by atoms with Crippen LogP contribution in [0.25, 0.3) is 0 Å². The molecule has 0 bridgehead atoms. The highest BCUT2D eigenvalue weighted by atomic mass is 32.2. The van der Waals surface area contributed by atoms with Gasteiger partial charge in [-0.1, -0.05) is 26.7 Å². The first-order valence-electron chi connectivity index (χ1n) is 9.89. The Morgan fingerprint density at radius 1 is 1.00 bits per heavy atom. The van der Waals surface area contributed by atoms with Crippen LogP contribution in [0.5, 0.6) is 11.5 Å². The molecule has 9 nitrogen and oxygen atoms in total. The van der Waals surface area contributed by atoms with Gasteiger partial charge in [0.25, 0.3) is 0 Å². The normalized spacial score (nSPS) is 10.2. The highest BCUT2D eigenvalue weighted by Crippen LogP contribution is 2.32. The molecule has 0 aliphatic rings. The summed E-state index contributed by atoms with van der Waals surface area (Å²) in [7, 11) is 0. The molecule has 29 heavy (non-hydrogen) atoms. The summed E-state index contributed by atoms with van der Waals surface area (Å²) < 4.78 is 22.3. The van der Waals surface area contributed by atoms with E-state index in [1.807, 2.05) is 0 Å². The number of unbranched alkanes of at least 4 members (excludes halogenated alkanes) is 2. The minimum absolute atomic E-state index is 0.156. The number of rotatable bonds is 12. The molecule has 10 heteroatoms. The van der Waals surface area contributed by atoms with E-state index >= 15 is 0 Å². The number of nitrogens with zero attached hydrogens (tertiary/aromatic N) is 2. The van der Waals surface area contributed by atoms with E-state index in [1.165, 1.54) is 0 Å². The fourth-order valence-corrected chi connectivity index (χ4v) is 2.65. The lowest BCUT2D eigenvalue weighted by molar-refractivity contribution is 0.106. The number of carbonyl (C=O) groups is 2. The van der Waals surface area contributed by atoms with Gasteiger partial charge in [0.2, 0.25) is 0 Å². The summed E-state index contributed by atoms with van der Waals surface area (Å²) in [6.45, 7) is 8.93. The maximum Gasteiger partial charge on any atom is 0.439 e. The summed E-state index contributed by atoms with van der Waals surface area (Å²) in [6.07, 6.45) is 3.87. The molecule has 1 rings (SSSR count). The summed E-state index contributed by atoms with van der Waals surface area (Å²) >= 11 is 0.882. The van der Waals surface area contributed by atoms with Gasteiger partial charge >= 0.3 is 12.2 Å². The fraction of sp³-hybridized carbons (Fsp3) is 0.632. The summed E-state index contributed by atoms with van der Waals surface area (Å²) in [5, 5.41) is 0.421. The van der Waals surface area contributed by atoms with Crippen molar-refractivity contribution in [2.45, 2.75) is 58.4 Å². The van der Waals surface area contributed by atoms with Crippen molar-refractivity contribution in [3.63, 3.8) is 0 Å². The van der Waals surface area contributed by atoms with Crippen LogP contribution in [-0.4, -0.2) is 48.0 Å². The van der Waals surface area contributed by atoms with Crippen molar-refractivity contribution in [1.29, 1.82) is 0 Å². The van der Waals surface area contributed by atoms with Gasteiger partial charge in [-0.2, -0.15) is 0 Å². The Labute approximate surface area is 176 Å².